The average molecular weight is 341 g/mol. The third-order valence-corrected chi connectivity index (χ3v) is 4.17. The van der Waals surface area contributed by atoms with Crippen LogP contribution in [0.15, 0.2) is 21.6 Å². The molecule has 0 aliphatic carbocycles. The van der Waals surface area contributed by atoms with Crippen LogP contribution in [0.1, 0.15) is 32.2 Å². The molecule has 1 aliphatic rings. The second-order valence-electron chi connectivity index (χ2n) is 5.73. The molecule has 1 aliphatic heterocycles. The van der Waals surface area contributed by atoms with Gasteiger partial charge in [-0.15, -0.1) is 0 Å². The van der Waals surface area contributed by atoms with Crippen LogP contribution in [-0.2, 0) is 5.66 Å². The van der Waals surface area contributed by atoms with Crippen LogP contribution in [0.2, 0.25) is 0 Å². The number of halogens is 1. The second-order valence-corrected chi connectivity index (χ2v) is 6.59. The van der Waals surface area contributed by atoms with E-state index in [9.17, 15) is 4.79 Å². The van der Waals surface area contributed by atoms with Crippen molar-refractivity contribution in [3.63, 3.8) is 0 Å². The number of amides is 1. The van der Waals surface area contributed by atoms with Crippen LogP contribution in [0.3, 0.4) is 0 Å². The van der Waals surface area contributed by atoms with E-state index < -0.39 is 11.8 Å². The lowest BCUT2D eigenvalue weighted by atomic mass is 9.79. The van der Waals surface area contributed by atoms with Gasteiger partial charge in [0.15, 0.2) is 5.66 Å². The van der Waals surface area contributed by atoms with Crippen molar-refractivity contribution >= 4 is 28.4 Å². The molecule has 20 heavy (non-hydrogen) atoms. The fraction of sp³-hybridized carbons (Fsp3) is 0.462. The van der Waals surface area contributed by atoms with Crippen molar-refractivity contribution in [2.75, 3.05) is 0 Å². The van der Waals surface area contributed by atoms with Crippen molar-refractivity contribution in [2.24, 2.45) is 10.4 Å². The van der Waals surface area contributed by atoms with Gasteiger partial charge in [-0.2, -0.15) is 10.4 Å². The highest BCUT2D eigenvalue weighted by molar-refractivity contribution is 9.10. The largest absolute Gasteiger partial charge is 0.464 e. The van der Waals surface area contributed by atoms with Crippen molar-refractivity contribution < 1.29 is 9.90 Å². The first-order valence-electron chi connectivity index (χ1n) is 6.16. The predicted octanol–water partition coefficient (Wildman–Crippen LogP) is 2.88. The van der Waals surface area contributed by atoms with Gasteiger partial charge in [0.1, 0.15) is 6.34 Å². The van der Waals surface area contributed by atoms with Gasteiger partial charge in [-0.3, -0.25) is 4.98 Å². The molecule has 108 valence electrons. The number of carbonyl (C=O) groups is 1. The zero-order valence-electron chi connectivity index (χ0n) is 11.8. The minimum absolute atomic E-state index is 0.360. The Bertz CT molecular complexity index is 582. The molecule has 2 heterocycles. The third kappa shape index (κ3) is 2.31. The Balaban J connectivity index is 2.53. The van der Waals surface area contributed by atoms with Crippen LogP contribution >= 0.6 is 15.9 Å². The number of carboxylic acid groups (broad SMARTS) is 1. The summed E-state index contributed by atoms with van der Waals surface area (Å²) in [6.45, 7) is 7.85. The normalized spacial score (nSPS) is 22.4. The van der Waals surface area contributed by atoms with E-state index in [2.05, 4.69) is 31.3 Å². The molecular formula is C13H17BrN4O2. The first kappa shape index (κ1) is 14.9. The van der Waals surface area contributed by atoms with E-state index in [1.807, 2.05) is 39.8 Å². The lowest BCUT2D eigenvalue weighted by Gasteiger charge is -2.39. The van der Waals surface area contributed by atoms with Gasteiger partial charge in [0.05, 0.1) is 11.4 Å². The number of hydrazine groups is 1. The van der Waals surface area contributed by atoms with Crippen LogP contribution in [0.5, 0.6) is 0 Å². The van der Waals surface area contributed by atoms with Crippen molar-refractivity contribution in [1.82, 2.24) is 15.4 Å². The van der Waals surface area contributed by atoms with Gasteiger partial charge in [-0.05, 0) is 35.0 Å². The van der Waals surface area contributed by atoms with Crippen LogP contribution in [0, 0.1) is 12.3 Å². The lowest BCUT2D eigenvalue weighted by Crippen LogP contribution is -2.54. The Morgan fingerprint density at radius 1 is 1.45 bits per heavy atom. The standard InChI is InChI=1S/C13H17BrN4O2/c1-8-9(14)5-6-10(16-8)13(12(2,3)4)15-7-18(17-13)11(19)20/h5-7,17H,1-4H3,(H,19,20). The minimum atomic E-state index is -1.10. The summed E-state index contributed by atoms with van der Waals surface area (Å²) in [5.41, 5.74) is 3.19. The Labute approximate surface area is 126 Å². The molecule has 1 unspecified atom stereocenters. The van der Waals surface area contributed by atoms with Gasteiger partial charge in [0, 0.05) is 9.89 Å². The van der Waals surface area contributed by atoms with E-state index in [0.29, 0.717) is 5.69 Å². The van der Waals surface area contributed by atoms with E-state index in [1.165, 1.54) is 6.34 Å². The first-order valence-corrected chi connectivity index (χ1v) is 6.95. The maximum Gasteiger partial charge on any atom is 0.427 e. The molecule has 2 rings (SSSR count). The maximum atomic E-state index is 11.1. The van der Waals surface area contributed by atoms with Crippen LogP contribution in [0.25, 0.3) is 0 Å². The number of aliphatic imine (C=N–C) groups is 1. The summed E-state index contributed by atoms with van der Waals surface area (Å²) in [5, 5.41) is 10.1. The van der Waals surface area contributed by atoms with Gasteiger partial charge < -0.3 is 5.11 Å². The molecule has 1 atom stereocenters. The smallest absolute Gasteiger partial charge is 0.427 e. The summed E-state index contributed by atoms with van der Waals surface area (Å²) < 4.78 is 0.905. The van der Waals surface area contributed by atoms with Crippen LogP contribution in [-0.4, -0.2) is 27.5 Å². The van der Waals surface area contributed by atoms with E-state index in [4.69, 9.17) is 5.11 Å². The summed E-state index contributed by atoms with van der Waals surface area (Å²) in [5.74, 6) is 0. The molecule has 0 bridgehead atoms. The highest BCUT2D eigenvalue weighted by Gasteiger charge is 2.49. The molecule has 0 saturated heterocycles. The van der Waals surface area contributed by atoms with E-state index in [0.717, 1.165) is 15.2 Å². The molecule has 0 fully saturated rings. The summed E-state index contributed by atoms with van der Waals surface area (Å²) in [6, 6.07) is 3.74. The molecule has 0 saturated carbocycles. The molecule has 6 nitrogen and oxygen atoms in total. The SMILES string of the molecule is Cc1nc(C2(C(C)(C)C)N=CN(C(=O)O)N2)ccc1Br. The summed E-state index contributed by atoms with van der Waals surface area (Å²) in [6.07, 6.45) is 0.181. The first-order chi connectivity index (χ1) is 9.17. The van der Waals surface area contributed by atoms with Gasteiger partial charge in [-0.25, -0.2) is 9.79 Å². The monoisotopic (exact) mass is 340 g/mol. The molecular weight excluding hydrogens is 324 g/mol. The van der Waals surface area contributed by atoms with E-state index in [1.54, 1.807) is 0 Å². The Hall–Kier alpha value is -1.47. The fourth-order valence-electron chi connectivity index (χ4n) is 2.09. The average Bonchev–Trinajstić information content (AvgIpc) is 2.78. The van der Waals surface area contributed by atoms with Gasteiger partial charge in [0.25, 0.3) is 0 Å². The highest BCUT2D eigenvalue weighted by atomic mass is 79.9. The van der Waals surface area contributed by atoms with Gasteiger partial charge in [0.2, 0.25) is 0 Å². The molecule has 1 amide bonds. The van der Waals surface area contributed by atoms with Crippen molar-refractivity contribution in [2.45, 2.75) is 33.4 Å². The number of hydrogen-bond acceptors (Lipinski definition) is 4. The fourth-order valence-corrected chi connectivity index (χ4v) is 2.31. The van der Waals surface area contributed by atoms with Gasteiger partial charge in [-0.1, -0.05) is 20.8 Å². The third-order valence-electron chi connectivity index (χ3n) is 3.33. The zero-order chi connectivity index (χ0) is 15.1. The minimum Gasteiger partial charge on any atom is -0.464 e. The van der Waals surface area contributed by atoms with Crippen molar-refractivity contribution in [3.8, 4) is 0 Å². The topological polar surface area (TPSA) is 77.8 Å². The van der Waals surface area contributed by atoms with Crippen molar-refractivity contribution in [1.29, 1.82) is 0 Å². The number of rotatable bonds is 1. The number of nitrogens with one attached hydrogen (secondary N) is 1. The van der Waals surface area contributed by atoms with Crippen molar-refractivity contribution in [3.05, 3.63) is 28.0 Å². The molecule has 7 heteroatoms. The second kappa shape index (κ2) is 4.82. The van der Waals surface area contributed by atoms with Crippen LogP contribution in [0.4, 0.5) is 4.79 Å². The Morgan fingerprint density at radius 3 is 2.55 bits per heavy atom. The summed E-state index contributed by atoms with van der Waals surface area (Å²) in [4.78, 5) is 20.1. The molecule has 1 aromatic rings. The molecule has 2 N–H and O–H groups in total. The number of aromatic nitrogens is 1. The number of hydrogen-bond donors (Lipinski definition) is 2. The molecule has 0 radical (unpaired) electrons. The van der Waals surface area contributed by atoms with E-state index >= 15 is 0 Å². The number of nitrogens with zero attached hydrogens (tertiary/aromatic N) is 3. The number of aryl methyl sites for hydroxylation is 1. The van der Waals surface area contributed by atoms with Gasteiger partial charge >= 0.3 is 6.09 Å². The van der Waals surface area contributed by atoms with Crippen LogP contribution < -0.4 is 5.43 Å². The lowest BCUT2D eigenvalue weighted by molar-refractivity contribution is 0.0854. The Morgan fingerprint density at radius 2 is 2.10 bits per heavy atom. The summed E-state index contributed by atoms with van der Waals surface area (Å²) >= 11 is 3.42. The molecule has 0 aromatic carbocycles. The highest BCUT2D eigenvalue weighted by Crippen LogP contribution is 2.42. The maximum absolute atomic E-state index is 11.1. The summed E-state index contributed by atoms with van der Waals surface area (Å²) in [7, 11) is 0. The van der Waals surface area contributed by atoms with E-state index in [-0.39, 0.29) is 5.41 Å². The molecule has 1 aromatic heterocycles. The predicted molar refractivity (Wildman–Crippen MR) is 79.3 cm³/mol. The Kier molecular flexibility index (Phi) is 3.60. The zero-order valence-corrected chi connectivity index (χ0v) is 13.4. The number of pyridine rings is 1. The molecule has 0 spiro atoms. The quantitative estimate of drug-likeness (QED) is 0.823.